The number of morpholine rings is 1. The lowest BCUT2D eigenvalue weighted by molar-refractivity contribution is 0.0170. The summed E-state index contributed by atoms with van der Waals surface area (Å²) in [6, 6.07) is 15.0. The minimum atomic E-state index is -0.220. The minimum absolute atomic E-state index is 0. The molecule has 0 aromatic heterocycles. The van der Waals surface area contributed by atoms with Crippen LogP contribution in [-0.2, 0) is 11.3 Å². The van der Waals surface area contributed by atoms with Crippen LogP contribution < -0.4 is 15.4 Å². The number of guanidine groups is 1. The van der Waals surface area contributed by atoms with Crippen molar-refractivity contribution in [2.24, 2.45) is 4.99 Å². The van der Waals surface area contributed by atoms with Gasteiger partial charge in [-0.05, 0) is 43.0 Å². The van der Waals surface area contributed by atoms with Gasteiger partial charge < -0.3 is 20.1 Å². The second kappa shape index (κ2) is 13.1. The van der Waals surface area contributed by atoms with Crippen LogP contribution in [0, 0.1) is 5.82 Å². The Bertz CT molecular complexity index is 886. The van der Waals surface area contributed by atoms with Gasteiger partial charge in [0.2, 0.25) is 0 Å². The minimum Gasteiger partial charge on any atom is -0.490 e. The SMILES string of the molecule is CN=C(NCc1ccccc1OC1CCC1)NCC(c1ccc(F)cc1)N1CCOCC1.I. The van der Waals surface area contributed by atoms with Crippen LogP contribution in [0.1, 0.15) is 36.4 Å². The number of nitrogens with zero attached hydrogens (tertiary/aromatic N) is 2. The third kappa shape index (κ3) is 7.28. The summed E-state index contributed by atoms with van der Waals surface area (Å²) in [5.41, 5.74) is 2.20. The number of ether oxygens (including phenoxy) is 2. The van der Waals surface area contributed by atoms with Gasteiger partial charge in [0.25, 0.3) is 0 Å². The van der Waals surface area contributed by atoms with Gasteiger partial charge in [0.05, 0.1) is 25.4 Å². The van der Waals surface area contributed by atoms with E-state index in [0.29, 0.717) is 32.4 Å². The van der Waals surface area contributed by atoms with Crippen molar-refractivity contribution >= 4 is 29.9 Å². The Hall–Kier alpha value is -1.91. The molecule has 8 heteroatoms. The Morgan fingerprint density at radius 3 is 2.52 bits per heavy atom. The van der Waals surface area contributed by atoms with Crippen molar-refractivity contribution in [3.63, 3.8) is 0 Å². The first kappa shape index (κ1) is 25.7. The number of hydrogen-bond donors (Lipinski definition) is 2. The summed E-state index contributed by atoms with van der Waals surface area (Å²) in [5, 5.41) is 6.86. The molecule has 1 saturated carbocycles. The molecule has 0 radical (unpaired) electrons. The average molecular weight is 568 g/mol. The maximum atomic E-state index is 13.5. The largest absolute Gasteiger partial charge is 0.490 e. The smallest absolute Gasteiger partial charge is 0.191 e. The Morgan fingerprint density at radius 1 is 1.12 bits per heavy atom. The standard InChI is InChI=1S/C25H33FN4O2.HI/c1-27-25(28-17-20-5-2-3-8-24(20)32-22-6-4-7-22)29-18-23(30-13-15-31-16-14-30)19-9-11-21(26)12-10-19;/h2-3,5,8-12,22-23H,4,6-7,13-18H2,1H3,(H2,27,28,29);1H. The van der Waals surface area contributed by atoms with Gasteiger partial charge in [0.1, 0.15) is 11.6 Å². The molecule has 0 amide bonds. The lowest BCUT2D eigenvalue weighted by Gasteiger charge is -2.35. The van der Waals surface area contributed by atoms with E-state index in [1.54, 1.807) is 7.05 Å². The van der Waals surface area contributed by atoms with Crippen LogP contribution in [0.15, 0.2) is 53.5 Å². The van der Waals surface area contributed by atoms with Crippen molar-refractivity contribution in [3.05, 3.63) is 65.5 Å². The molecule has 2 fully saturated rings. The normalized spacial score (nSPS) is 18.1. The van der Waals surface area contributed by atoms with Gasteiger partial charge in [-0.15, -0.1) is 24.0 Å². The number of hydrogen-bond acceptors (Lipinski definition) is 4. The number of para-hydroxylation sites is 1. The van der Waals surface area contributed by atoms with Gasteiger partial charge in [-0.2, -0.15) is 0 Å². The summed E-state index contributed by atoms with van der Waals surface area (Å²) in [4.78, 5) is 6.77. The summed E-state index contributed by atoms with van der Waals surface area (Å²) in [7, 11) is 1.77. The van der Waals surface area contributed by atoms with Crippen LogP contribution in [0.2, 0.25) is 0 Å². The molecule has 6 nitrogen and oxygen atoms in total. The highest BCUT2D eigenvalue weighted by molar-refractivity contribution is 14.0. The summed E-state index contributed by atoms with van der Waals surface area (Å²) in [6.07, 6.45) is 3.87. The fourth-order valence-electron chi connectivity index (χ4n) is 4.06. The number of nitrogens with one attached hydrogen (secondary N) is 2. The molecule has 2 aliphatic rings. The molecule has 1 saturated heterocycles. The van der Waals surface area contributed by atoms with E-state index >= 15 is 0 Å². The van der Waals surface area contributed by atoms with Crippen molar-refractivity contribution in [1.82, 2.24) is 15.5 Å². The van der Waals surface area contributed by atoms with Crippen molar-refractivity contribution in [3.8, 4) is 5.75 Å². The molecule has 4 rings (SSSR count). The molecule has 180 valence electrons. The van der Waals surface area contributed by atoms with Gasteiger partial charge in [-0.25, -0.2) is 4.39 Å². The highest BCUT2D eigenvalue weighted by atomic mass is 127. The molecule has 1 aliphatic heterocycles. The lowest BCUT2D eigenvalue weighted by atomic mass is 9.96. The van der Waals surface area contributed by atoms with Crippen molar-refractivity contribution < 1.29 is 13.9 Å². The topological polar surface area (TPSA) is 58.1 Å². The van der Waals surface area contributed by atoms with Gasteiger partial charge in [0, 0.05) is 38.8 Å². The summed E-state index contributed by atoms with van der Waals surface area (Å²) in [6.45, 7) is 4.40. The van der Waals surface area contributed by atoms with E-state index in [4.69, 9.17) is 9.47 Å². The zero-order valence-electron chi connectivity index (χ0n) is 19.1. The van der Waals surface area contributed by atoms with Gasteiger partial charge in [0.15, 0.2) is 5.96 Å². The Labute approximate surface area is 213 Å². The van der Waals surface area contributed by atoms with Gasteiger partial charge in [-0.1, -0.05) is 30.3 Å². The van der Waals surface area contributed by atoms with Crippen molar-refractivity contribution in [2.45, 2.75) is 38.0 Å². The van der Waals surface area contributed by atoms with E-state index in [1.807, 2.05) is 30.3 Å². The quantitative estimate of drug-likeness (QED) is 0.285. The van der Waals surface area contributed by atoms with Gasteiger partial charge in [-0.3, -0.25) is 9.89 Å². The van der Waals surface area contributed by atoms with Crippen LogP contribution in [0.5, 0.6) is 5.75 Å². The van der Waals surface area contributed by atoms with E-state index in [1.165, 1.54) is 18.6 Å². The predicted molar refractivity (Wildman–Crippen MR) is 140 cm³/mol. The molecule has 1 atom stereocenters. The summed E-state index contributed by atoms with van der Waals surface area (Å²) >= 11 is 0. The van der Waals surface area contributed by atoms with Crippen molar-refractivity contribution in [1.29, 1.82) is 0 Å². The third-order valence-electron chi connectivity index (χ3n) is 6.19. The second-order valence-corrected chi connectivity index (χ2v) is 8.30. The zero-order valence-corrected chi connectivity index (χ0v) is 21.5. The van der Waals surface area contributed by atoms with E-state index in [0.717, 1.165) is 48.8 Å². The first-order valence-electron chi connectivity index (χ1n) is 11.5. The molecule has 0 spiro atoms. The third-order valence-corrected chi connectivity index (χ3v) is 6.19. The van der Waals surface area contributed by atoms with E-state index in [-0.39, 0.29) is 35.8 Å². The molecule has 0 bridgehead atoms. The van der Waals surface area contributed by atoms with Crippen LogP contribution in [-0.4, -0.2) is 56.9 Å². The summed E-state index contributed by atoms with van der Waals surface area (Å²) in [5.74, 6) is 1.45. The molecule has 1 heterocycles. The van der Waals surface area contributed by atoms with E-state index in [2.05, 4.69) is 26.6 Å². The number of benzene rings is 2. The fourth-order valence-corrected chi connectivity index (χ4v) is 4.06. The molecule has 2 aromatic carbocycles. The van der Waals surface area contributed by atoms with Crippen LogP contribution >= 0.6 is 24.0 Å². The maximum Gasteiger partial charge on any atom is 0.191 e. The molecule has 2 N–H and O–H groups in total. The maximum absolute atomic E-state index is 13.5. The van der Waals surface area contributed by atoms with Crippen LogP contribution in [0.3, 0.4) is 0 Å². The first-order valence-corrected chi connectivity index (χ1v) is 11.5. The van der Waals surface area contributed by atoms with Crippen molar-refractivity contribution in [2.75, 3.05) is 39.9 Å². The Kier molecular flexibility index (Phi) is 10.2. The monoisotopic (exact) mass is 568 g/mol. The molecular formula is C25H34FIN4O2. The zero-order chi connectivity index (χ0) is 22.2. The van der Waals surface area contributed by atoms with E-state index in [9.17, 15) is 4.39 Å². The Morgan fingerprint density at radius 2 is 1.85 bits per heavy atom. The van der Waals surface area contributed by atoms with Crippen LogP contribution in [0.4, 0.5) is 4.39 Å². The highest BCUT2D eigenvalue weighted by Gasteiger charge is 2.23. The Balaban J connectivity index is 0.00000306. The summed E-state index contributed by atoms with van der Waals surface area (Å²) < 4.78 is 25.1. The molecule has 1 aliphatic carbocycles. The molecule has 2 aromatic rings. The van der Waals surface area contributed by atoms with Gasteiger partial charge >= 0.3 is 0 Å². The predicted octanol–water partition coefficient (Wildman–Crippen LogP) is 4.11. The highest BCUT2D eigenvalue weighted by Crippen LogP contribution is 2.27. The number of rotatable bonds is 8. The van der Waals surface area contributed by atoms with Crippen LogP contribution in [0.25, 0.3) is 0 Å². The molecule has 33 heavy (non-hydrogen) atoms. The fraction of sp³-hybridized carbons (Fsp3) is 0.480. The first-order chi connectivity index (χ1) is 15.7. The van der Waals surface area contributed by atoms with E-state index < -0.39 is 0 Å². The molecule has 1 unspecified atom stereocenters. The average Bonchev–Trinajstić information content (AvgIpc) is 2.81. The second-order valence-electron chi connectivity index (χ2n) is 8.30. The number of halogens is 2. The molecular weight excluding hydrogens is 534 g/mol. The lowest BCUT2D eigenvalue weighted by Crippen LogP contribution is -2.46. The number of aliphatic imine (C=N–C) groups is 1.